The van der Waals surface area contributed by atoms with Gasteiger partial charge in [0.1, 0.15) is 0 Å². The number of nitrogens with two attached hydrogens (primary N) is 1. The molecule has 2 N–H and O–H groups in total. The number of anilines is 1. The quantitative estimate of drug-likeness (QED) is 0.839. The first-order valence-electron chi connectivity index (χ1n) is 6.16. The van der Waals surface area contributed by atoms with Crippen molar-refractivity contribution < 1.29 is 4.79 Å². The second kappa shape index (κ2) is 5.68. The fourth-order valence-corrected chi connectivity index (χ4v) is 2.01. The molecule has 1 aromatic heterocycles. The lowest BCUT2D eigenvalue weighted by Gasteiger charge is -2.11. The summed E-state index contributed by atoms with van der Waals surface area (Å²) in [7, 11) is 0. The number of hydrogen-bond acceptors (Lipinski definition) is 5. The number of carbonyl (C=O) groups is 1. The maximum atomic E-state index is 12.3. The summed E-state index contributed by atoms with van der Waals surface area (Å²) in [6.45, 7) is 2.58. The molecule has 18 heavy (non-hydrogen) atoms. The molecular weight excluding hydrogens is 230 g/mol. The maximum Gasteiger partial charge on any atom is 0.258 e. The predicted octanol–water partition coefficient (Wildman–Crippen LogP) is 0.944. The Kier molecular flexibility index (Phi) is 3.99. The highest BCUT2D eigenvalue weighted by molar-refractivity contribution is 6.14. The van der Waals surface area contributed by atoms with Crippen molar-refractivity contribution in [2.45, 2.75) is 26.2 Å². The Hall–Kier alpha value is -1.82. The molecule has 1 amide bonds. The van der Waals surface area contributed by atoms with E-state index in [9.17, 15) is 4.79 Å². The van der Waals surface area contributed by atoms with E-state index in [1.54, 1.807) is 18.5 Å². The summed E-state index contributed by atoms with van der Waals surface area (Å²) >= 11 is 0. The standard InChI is InChI=1S/C12H17N5O/c1-2-10-9(5-3-6-13)11(18)17(16-10)12-14-7-4-8-15-12/h4,7-9H,2-3,5-6,13H2,1H3. The average molecular weight is 247 g/mol. The monoisotopic (exact) mass is 247 g/mol. The molecule has 0 fully saturated rings. The minimum Gasteiger partial charge on any atom is -0.330 e. The fourth-order valence-electron chi connectivity index (χ4n) is 2.01. The molecule has 1 aliphatic heterocycles. The molecule has 2 heterocycles. The Morgan fingerprint density at radius 2 is 2.11 bits per heavy atom. The van der Waals surface area contributed by atoms with Crippen molar-refractivity contribution in [3.8, 4) is 0 Å². The van der Waals surface area contributed by atoms with Gasteiger partial charge < -0.3 is 5.73 Å². The Bertz CT molecular complexity index is 445. The largest absolute Gasteiger partial charge is 0.330 e. The van der Waals surface area contributed by atoms with E-state index in [2.05, 4.69) is 15.1 Å². The van der Waals surface area contributed by atoms with Crippen LogP contribution in [0.5, 0.6) is 0 Å². The van der Waals surface area contributed by atoms with Crippen molar-refractivity contribution in [1.82, 2.24) is 9.97 Å². The van der Waals surface area contributed by atoms with E-state index in [4.69, 9.17) is 5.73 Å². The van der Waals surface area contributed by atoms with Crippen LogP contribution >= 0.6 is 0 Å². The summed E-state index contributed by atoms with van der Waals surface area (Å²) in [5.74, 6) is 0.123. The van der Waals surface area contributed by atoms with Crippen molar-refractivity contribution >= 4 is 17.6 Å². The van der Waals surface area contributed by atoms with Gasteiger partial charge in [-0.2, -0.15) is 10.1 Å². The van der Waals surface area contributed by atoms with Crippen molar-refractivity contribution in [3.05, 3.63) is 18.5 Å². The zero-order valence-electron chi connectivity index (χ0n) is 10.4. The highest BCUT2D eigenvalue weighted by atomic mass is 16.2. The Morgan fingerprint density at radius 1 is 1.39 bits per heavy atom. The normalized spacial score (nSPS) is 19.2. The highest BCUT2D eigenvalue weighted by Gasteiger charge is 2.36. The first-order chi connectivity index (χ1) is 8.77. The Morgan fingerprint density at radius 3 is 2.72 bits per heavy atom. The molecule has 0 radical (unpaired) electrons. The SMILES string of the molecule is CCC1=NN(c2ncccn2)C(=O)C1CCCN. The number of nitrogens with zero attached hydrogens (tertiary/aromatic N) is 4. The first kappa shape index (κ1) is 12.6. The summed E-state index contributed by atoms with van der Waals surface area (Å²) in [6, 6.07) is 1.71. The Labute approximate surface area is 106 Å². The van der Waals surface area contributed by atoms with Crippen LogP contribution in [0.15, 0.2) is 23.6 Å². The number of carbonyl (C=O) groups excluding carboxylic acids is 1. The van der Waals surface area contributed by atoms with Gasteiger partial charge in [-0.15, -0.1) is 0 Å². The molecule has 1 aliphatic rings. The van der Waals surface area contributed by atoms with E-state index in [-0.39, 0.29) is 11.8 Å². The smallest absolute Gasteiger partial charge is 0.258 e. The second-order valence-electron chi connectivity index (χ2n) is 4.13. The number of aromatic nitrogens is 2. The number of hydrogen-bond donors (Lipinski definition) is 1. The van der Waals surface area contributed by atoms with Gasteiger partial charge in [-0.25, -0.2) is 9.97 Å². The van der Waals surface area contributed by atoms with Gasteiger partial charge in [-0.05, 0) is 31.9 Å². The van der Waals surface area contributed by atoms with Gasteiger partial charge in [0.2, 0.25) is 0 Å². The van der Waals surface area contributed by atoms with Gasteiger partial charge >= 0.3 is 0 Å². The number of amides is 1. The van der Waals surface area contributed by atoms with Gasteiger partial charge in [0.05, 0.1) is 11.6 Å². The van der Waals surface area contributed by atoms with Gasteiger partial charge in [0, 0.05) is 12.4 Å². The molecule has 0 bridgehead atoms. The Balaban J connectivity index is 2.20. The van der Waals surface area contributed by atoms with E-state index in [0.29, 0.717) is 12.5 Å². The minimum atomic E-state index is -0.164. The fraction of sp³-hybridized carbons (Fsp3) is 0.500. The van der Waals surface area contributed by atoms with E-state index in [1.165, 1.54) is 5.01 Å². The van der Waals surface area contributed by atoms with Crippen LogP contribution in [0.4, 0.5) is 5.95 Å². The van der Waals surface area contributed by atoms with Gasteiger partial charge in [0.25, 0.3) is 11.9 Å². The summed E-state index contributed by atoms with van der Waals surface area (Å²) in [5, 5.41) is 5.63. The van der Waals surface area contributed by atoms with Crippen molar-refractivity contribution in [3.63, 3.8) is 0 Å². The molecule has 0 aliphatic carbocycles. The van der Waals surface area contributed by atoms with Crippen molar-refractivity contribution in [1.29, 1.82) is 0 Å². The molecule has 1 unspecified atom stereocenters. The van der Waals surface area contributed by atoms with Crippen LogP contribution in [0, 0.1) is 5.92 Å². The molecule has 0 saturated carbocycles. The number of rotatable bonds is 5. The third kappa shape index (κ3) is 2.38. The van der Waals surface area contributed by atoms with Crippen molar-refractivity contribution in [2.75, 3.05) is 11.6 Å². The molecule has 1 aromatic rings. The van der Waals surface area contributed by atoms with Crippen LogP contribution in [0.25, 0.3) is 0 Å². The molecule has 0 saturated heterocycles. The van der Waals surface area contributed by atoms with Crippen LogP contribution in [0.3, 0.4) is 0 Å². The lowest BCUT2D eigenvalue weighted by molar-refractivity contribution is -0.120. The van der Waals surface area contributed by atoms with E-state index < -0.39 is 0 Å². The van der Waals surface area contributed by atoms with Gasteiger partial charge in [-0.3, -0.25) is 4.79 Å². The summed E-state index contributed by atoms with van der Waals surface area (Å²) in [5.41, 5.74) is 6.38. The molecule has 6 heteroatoms. The van der Waals surface area contributed by atoms with Crippen LogP contribution in [-0.4, -0.2) is 28.1 Å². The third-order valence-electron chi connectivity index (χ3n) is 2.94. The molecule has 0 spiro atoms. The highest BCUT2D eigenvalue weighted by Crippen LogP contribution is 2.24. The summed E-state index contributed by atoms with van der Waals surface area (Å²) in [6.07, 6.45) is 5.52. The van der Waals surface area contributed by atoms with E-state index >= 15 is 0 Å². The lowest BCUT2D eigenvalue weighted by Crippen LogP contribution is -2.29. The van der Waals surface area contributed by atoms with E-state index in [0.717, 1.165) is 25.0 Å². The summed E-state index contributed by atoms with van der Waals surface area (Å²) < 4.78 is 0. The molecule has 2 rings (SSSR count). The minimum absolute atomic E-state index is 0.0495. The molecule has 1 atom stereocenters. The van der Waals surface area contributed by atoms with Crippen molar-refractivity contribution in [2.24, 2.45) is 16.8 Å². The van der Waals surface area contributed by atoms with Crippen LogP contribution < -0.4 is 10.7 Å². The summed E-state index contributed by atoms with van der Waals surface area (Å²) in [4.78, 5) is 20.4. The lowest BCUT2D eigenvalue weighted by atomic mass is 9.96. The first-order valence-corrected chi connectivity index (χ1v) is 6.16. The average Bonchev–Trinajstić information content (AvgIpc) is 2.74. The van der Waals surface area contributed by atoms with Gasteiger partial charge in [-0.1, -0.05) is 6.92 Å². The van der Waals surface area contributed by atoms with Gasteiger partial charge in [0.15, 0.2) is 0 Å². The van der Waals surface area contributed by atoms with E-state index in [1.807, 2.05) is 6.92 Å². The molecule has 96 valence electrons. The number of hydrazone groups is 1. The predicted molar refractivity (Wildman–Crippen MR) is 69.0 cm³/mol. The second-order valence-corrected chi connectivity index (χ2v) is 4.13. The molecule has 6 nitrogen and oxygen atoms in total. The maximum absolute atomic E-state index is 12.3. The topological polar surface area (TPSA) is 84.5 Å². The van der Waals surface area contributed by atoms with Crippen LogP contribution in [0.1, 0.15) is 26.2 Å². The zero-order valence-corrected chi connectivity index (χ0v) is 10.4. The van der Waals surface area contributed by atoms with Crippen LogP contribution in [0.2, 0.25) is 0 Å². The molecule has 0 aromatic carbocycles. The zero-order chi connectivity index (χ0) is 13.0. The third-order valence-corrected chi connectivity index (χ3v) is 2.94. The van der Waals surface area contributed by atoms with Crippen LogP contribution in [-0.2, 0) is 4.79 Å². The molecular formula is C12H17N5O.